The van der Waals surface area contributed by atoms with Gasteiger partial charge < -0.3 is 15.4 Å². The molecular weight excluding hydrogens is 368 g/mol. The summed E-state index contributed by atoms with van der Waals surface area (Å²) in [5.74, 6) is -1.85. The van der Waals surface area contributed by atoms with Crippen molar-refractivity contribution in [3.63, 3.8) is 0 Å². The van der Waals surface area contributed by atoms with Crippen LogP contribution in [0.1, 0.15) is 13.3 Å². The third-order valence-electron chi connectivity index (χ3n) is 4.61. The van der Waals surface area contributed by atoms with E-state index < -0.39 is 39.7 Å². The smallest absolute Gasteiger partial charge is 0.414 e. The van der Waals surface area contributed by atoms with Crippen molar-refractivity contribution < 1.29 is 26.7 Å². The van der Waals surface area contributed by atoms with E-state index in [1.54, 1.807) is 6.92 Å². The lowest BCUT2D eigenvalue weighted by atomic mass is 10.2. The van der Waals surface area contributed by atoms with Crippen LogP contribution in [0.25, 0.3) is 0 Å². The molecule has 144 valence electrons. The Morgan fingerprint density at radius 1 is 1.23 bits per heavy atom. The molecule has 0 aliphatic carbocycles. The number of benzene rings is 1. The maximum Gasteiger partial charge on any atom is 0.414 e. The van der Waals surface area contributed by atoms with E-state index in [2.05, 4.69) is 0 Å². The van der Waals surface area contributed by atoms with Gasteiger partial charge in [-0.05, 0) is 13.3 Å². The van der Waals surface area contributed by atoms with Crippen LogP contribution >= 0.6 is 0 Å². The first-order valence-electron chi connectivity index (χ1n) is 8.36. The van der Waals surface area contributed by atoms with Crippen LogP contribution in [-0.2, 0) is 14.6 Å². The zero-order valence-electron chi connectivity index (χ0n) is 14.3. The lowest BCUT2D eigenvalue weighted by Crippen LogP contribution is -2.35. The molecule has 7 nitrogen and oxygen atoms in total. The summed E-state index contributed by atoms with van der Waals surface area (Å²) in [4.78, 5) is 14.5. The number of carbonyl (C=O) groups is 1. The molecule has 0 bridgehead atoms. The average Bonchev–Trinajstić information content (AvgIpc) is 2.84. The van der Waals surface area contributed by atoms with Crippen molar-refractivity contribution >= 4 is 27.3 Å². The van der Waals surface area contributed by atoms with Crippen molar-refractivity contribution in [1.82, 2.24) is 0 Å². The third kappa shape index (κ3) is 3.75. The van der Waals surface area contributed by atoms with Crippen LogP contribution in [0.3, 0.4) is 0 Å². The number of hydrogen-bond acceptors (Lipinski definition) is 6. The first-order valence-corrected chi connectivity index (χ1v) is 10.2. The molecule has 0 aromatic heterocycles. The number of ether oxygens (including phenoxy) is 1. The van der Waals surface area contributed by atoms with E-state index in [-0.39, 0.29) is 42.5 Å². The Balaban J connectivity index is 1.86. The summed E-state index contributed by atoms with van der Waals surface area (Å²) in [6.07, 6.45) is -0.957. The molecule has 1 aromatic carbocycles. The maximum absolute atomic E-state index is 14.6. The number of amides is 1. The number of halogens is 2. The molecule has 2 saturated heterocycles. The van der Waals surface area contributed by atoms with E-state index in [9.17, 15) is 22.0 Å². The Kier molecular flexibility index (Phi) is 5.07. The molecule has 2 N–H and O–H groups in total. The van der Waals surface area contributed by atoms with E-state index in [1.807, 2.05) is 0 Å². The second-order valence-corrected chi connectivity index (χ2v) is 8.95. The van der Waals surface area contributed by atoms with E-state index in [0.29, 0.717) is 6.42 Å². The summed E-state index contributed by atoms with van der Waals surface area (Å²) in [6, 6.07) is 1.71. The summed E-state index contributed by atoms with van der Waals surface area (Å²) in [5, 5.41) is 0. The first-order chi connectivity index (χ1) is 12.2. The standard InChI is InChI=1S/C16H21F2N3O4S/c1-10(19)14-9-21(16(22)25-14)11-7-12(17)15(13(18)8-11)20-3-2-5-26(23,24)6-4-20/h7-8,10,14H,2-6,9,19H2,1H3/t10-,14+/m0/s1. The maximum atomic E-state index is 14.6. The van der Waals surface area contributed by atoms with Crippen LogP contribution in [0.2, 0.25) is 0 Å². The molecule has 0 unspecified atom stereocenters. The van der Waals surface area contributed by atoms with Gasteiger partial charge in [0.2, 0.25) is 0 Å². The minimum atomic E-state index is -3.20. The van der Waals surface area contributed by atoms with Gasteiger partial charge in [-0.2, -0.15) is 0 Å². The van der Waals surface area contributed by atoms with Gasteiger partial charge in [0.1, 0.15) is 11.8 Å². The van der Waals surface area contributed by atoms with Crippen LogP contribution in [0.4, 0.5) is 25.0 Å². The lowest BCUT2D eigenvalue weighted by molar-refractivity contribution is 0.130. The second-order valence-electron chi connectivity index (χ2n) is 6.64. The van der Waals surface area contributed by atoms with Gasteiger partial charge in [-0.25, -0.2) is 22.0 Å². The topological polar surface area (TPSA) is 92.9 Å². The van der Waals surface area contributed by atoms with Gasteiger partial charge in [0.25, 0.3) is 0 Å². The predicted octanol–water partition coefficient (Wildman–Crippen LogP) is 1.26. The van der Waals surface area contributed by atoms with Crippen molar-refractivity contribution in [3.05, 3.63) is 23.8 Å². The highest BCUT2D eigenvalue weighted by atomic mass is 32.2. The summed E-state index contributed by atoms with van der Waals surface area (Å²) < 4.78 is 57.7. The number of rotatable bonds is 3. The highest BCUT2D eigenvalue weighted by Crippen LogP contribution is 2.32. The molecule has 1 aromatic rings. The molecule has 2 aliphatic rings. The van der Waals surface area contributed by atoms with Crippen LogP contribution in [-0.4, -0.2) is 57.8 Å². The Bertz CT molecular complexity index is 793. The first kappa shape index (κ1) is 18.8. The molecule has 0 saturated carbocycles. The summed E-state index contributed by atoms with van der Waals surface area (Å²) >= 11 is 0. The van der Waals surface area contributed by atoms with Gasteiger partial charge in [-0.3, -0.25) is 4.90 Å². The molecule has 0 spiro atoms. The van der Waals surface area contributed by atoms with Crippen molar-refractivity contribution in [1.29, 1.82) is 0 Å². The molecule has 2 atom stereocenters. The zero-order chi connectivity index (χ0) is 19.1. The number of carbonyl (C=O) groups excluding carboxylic acids is 1. The Morgan fingerprint density at radius 3 is 2.46 bits per heavy atom. The molecule has 2 fully saturated rings. The fraction of sp³-hybridized carbons (Fsp3) is 0.562. The third-order valence-corrected chi connectivity index (χ3v) is 6.32. The van der Waals surface area contributed by atoms with Crippen LogP contribution in [0.5, 0.6) is 0 Å². The monoisotopic (exact) mass is 389 g/mol. The van der Waals surface area contributed by atoms with Crippen LogP contribution in [0.15, 0.2) is 12.1 Å². The molecule has 10 heteroatoms. The molecule has 1 amide bonds. The van der Waals surface area contributed by atoms with Gasteiger partial charge in [0.15, 0.2) is 21.5 Å². The molecule has 2 aliphatic heterocycles. The number of nitrogens with two attached hydrogens (primary N) is 1. The SMILES string of the molecule is C[C@H](N)[C@H]1CN(c2cc(F)c(N3CCCS(=O)(=O)CC3)c(F)c2)C(=O)O1. The van der Waals surface area contributed by atoms with Gasteiger partial charge >= 0.3 is 6.09 Å². The van der Waals surface area contributed by atoms with Crippen molar-refractivity contribution in [3.8, 4) is 0 Å². The largest absolute Gasteiger partial charge is 0.442 e. The average molecular weight is 389 g/mol. The van der Waals surface area contributed by atoms with Gasteiger partial charge in [-0.15, -0.1) is 0 Å². The zero-order valence-corrected chi connectivity index (χ0v) is 15.1. The normalized spacial score (nSPS) is 24.3. The highest BCUT2D eigenvalue weighted by molar-refractivity contribution is 7.91. The van der Waals surface area contributed by atoms with Crippen LogP contribution < -0.4 is 15.5 Å². The highest BCUT2D eigenvalue weighted by Gasteiger charge is 2.35. The molecule has 26 heavy (non-hydrogen) atoms. The fourth-order valence-electron chi connectivity index (χ4n) is 3.14. The Labute approximate surface area is 150 Å². The summed E-state index contributed by atoms with van der Waals surface area (Å²) in [5.41, 5.74) is 5.48. The molecular formula is C16H21F2N3O4S. The quantitative estimate of drug-likeness (QED) is 0.837. The molecule has 0 radical (unpaired) electrons. The lowest BCUT2D eigenvalue weighted by Gasteiger charge is -2.24. The van der Waals surface area contributed by atoms with E-state index in [1.165, 1.54) is 4.90 Å². The van der Waals surface area contributed by atoms with Crippen molar-refractivity contribution in [2.75, 3.05) is 40.9 Å². The summed E-state index contributed by atoms with van der Waals surface area (Å²) in [6.45, 7) is 2.05. The number of sulfone groups is 1. The number of nitrogens with zero attached hydrogens (tertiary/aromatic N) is 2. The van der Waals surface area contributed by atoms with E-state index >= 15 is 0 Å². The molecule has 3 rings (SSSR count). The summed E-state index contributed by atoms with van der Waals surface area (Å²) in [7, 11) is -3.20. The Morgan fingerprint density at radius 2 is 1.88 bits per heavy atom. The number of hydrogen-bond donors (Lipinski definition) is 1. The van der Waals surface area contributed by atoms with E-state index in [0.717, 1.165) is 17.0 Å². The van der Waals surface area contributed by atoms with Crippen molar-refractivity contribution in [2.24, 2.45) is 5.73 Å². The van der Waals surface area contributed by atoms with Gasteiger partial charge in [-0.1, -0.05) is 0 Å². The van der Waals surface area contributed by atoms with Gasteiger partial charge in [0, 0.05) is 31.3 Å². The number of anilines is 2. The van der Waals surface area contributed by atoms with E-state index in [4.69, 9.17) is 10.5 Å². The van der Waals surface area contributed by atoms with Crippen LogP contribution in [0, 0.1) is 11.6 Å². The Hall–Kier alpha value is -1.94. The second kappa shape index (κ2) is 6.99. The van der Waals surface area contributed by atoms with Crippen molar-refractivity contribution in [2.45, 2.75) is 25.5 Å². The fourth-order valence-corrected chi connectivity index (χ4v) is 4.41. The number of cyclic esters (lactones) is 1. The minimum Gasteiger partial charge on any atom is -0.442 e. The molecule has 2 heterocycles. The minimum absolute atomic E-state index is 0.00308. The predicted molar refractivity (Wildman–Crippen MR) is 93.1 cm³/mol. The van der Waals surface area contributed by atoms with Gasteiger partial charge in [0.05, 0.1) is 23.7 Å².